The van der Waals surface area contributed by atoms with Crippen molar-refractivity contribution in [2.75, 3.05) is 0 Å². The van der Waals surface area contributed by atoms with Crippen molar-refractivity contribution in [3.8, 4) is 0 Å². The third kappa shape index (κ3) is 24.7. The molecule has 0 unspecified atom stereocenters. The normalized spacial score (nSPS) is 0. The van der Waals surface area contributed by atoms with Gasteiger partial charge in [-0.25, -0.2) is 0 Å². The Morgan fingerprint density at radius 3 is 0.800 bits per heavy atom. The molecule has 0 bridgehead atoms. The molecular weight excluding hydrogens is 289 g/mol. The molecule has 0 saturated carbocycles. The Labute approximate surface area is 72.0 Å². The number of hydrogen-bond donors (Lipinski definition) is 0. The van der Waals surface area contributed by atoms with Crippen molar-refractivity contribution in [2.24, 2.45) is 0 Å². The van der Waals surface area contributed by atoms with Crippen LogP contribution in [0.1, 0.15) is 0 Å². The van der Waals surface area contributed by atoms with Gasteiger partial charge in [0.05, 0.1) is 0 Å². The Kier molecular flexibility index (Phi) is 511. The molecule has 2 nitrogen and oxygen atoms in total. The topological polar surface area (TPSA) is 57.0 Å². The van der Waals surface area contributed by atoms with Crippen LogP contribution in [0.3, 0.4) is 0 Å². The van der Waals surface area contributed by atoms with Crippen LogP contribution in [0.15, 0.2) is 0 Å². The van der Waals surface area contributed by atoms with Crippen LogP contribution in [-0.4, -0.2) is 0 Å². The molecule has 0 spiro atoms. The Hall–Kier alpha value is 1.92. The Balaban J connectivity index is 0. The first-order valence-electron chi connectivity index (χ1n) is 0. The SMILES string of the molecule is [O-2].[O-2].[Pd].[Rh].[Ti+4]. The van der Waals surface area contributed by atoms with Gasteiger partial charge < -0.3 is 11.0 Å². The van der Waals surface area contributed by atoms with Gasteiger partial charge in [0.25, 0.3) is 0 Å². The first-order chi connectivity index (χ1) is 0. The molecule has 5 heavy (non-hydrogen) atoms. The van der Waals surface area contributed by atoms with Crippen LogP contribution in [0.2, 0.25) is 0 Å². The van der Waals surface area contributed by atoms with Gasteiger partial charge in [0.1, 0.15) is 0 Å². The van der Waals surface area contributed by atoms with Crippen LogP contribution in [0.25, 0.3) is 0 Å². The van der Waals surface area contributed by atoms with Gasteiger partial charge in [0, 0.05) is 39.9 Å². The average molecular weight is 289 g/mol. The summed E-state index contributed by atoms with van der Waals surface area (Å²) in [5, 5.41) is 0. The van der Waals surface area contributed by atoms with Gasteiger partial charge >= 0.3 is 21.7 Å². The van der Waals surface area contributed by atoms with E-state index in [-0.39, 0.29) is 72.6 Å². The Bertz CT molecular complexity index is 9.61. The van der Waals surface area contributed by atoms with Crippen LogP contribution in [-0.2, 0) is 72.6 Å². The van der Waals surface area contributed by atoms with Gasteiger partial charge in [-0.2, -0.15) is 0 Å². The van der Waals surface area contributed by atoms with E-state index in [2.05, 4.69) is 0 Å². The summed E-state index contributed by atoms with van der Waals surface area (Å²) in [5.74, 6) is 0. The van der Waals surface area contributed by atoms with E-state index in [0.29, 0.717) is 0 Å². The molecule has 0 amide bonds. The van der Waals surface area contributed by atoms with E-state index in [4.69, 9.17) is 0 Å². The molecule has 0 aliphatic rings. The van der Waals surface area contributed by atoms with Crippen molar-refractivity contribution in [2.45, 2.75) is 0 Å². The summed E-state index contributed by atoms with van der Waals surface area (Å²) in [6.07, 6.45) is 0. The first kappa shape index (κ1) is 65.8. The molecule has 0 atom stereocenters. The van der Waals surface area contributed by atoms with Crippen molar-refractivity contribution in [3.05, 3.63) is 0 Å². The second-order valence-corrected chi connectivity index (χ2v) is 0. The number of rotatable bonds is 0. The smallest absolute Gasteiger partial charge is 2.00 e. The summed E-state index contributed by atoms with van der Waals surface area (Å²) in [5.41, 5.74) is 0. The maximum absolute atomic E-state index is 0. The molecule has 0 heterocycles. The van der Waals surface area contributed by atoms with Gasteiger partial charge in [-0.3, -0.25) is 0 Å². The maximum atomic E-state index is 0. The fraction of sp³-hybridized carbons (Fsp3) is 0. The molecule has 0 fully saturated rings. The first-order valence-corrected chi connectivity index (χ1v) is 0. The van der Waals surface area contributed by atoms with Crippen LogP contribution < -0.4 is 0 Å². The molecule has 0 N–H and O–H groups in total. The van der Waals surface area contributed by atoms with Crippen LogP contribution >= 0.6 is 0 Å². The van der Waals surface area contributed by atoms with Crippen molar-refractivity contribution in [1.82, 2.24) is 0 Å². The average Bonchev–Trinajstić information content (AvgIpc) is 0. The minimum atomic E-state index is 0. The van der Waals surface area contributed by atoms with E-state index in [1.54, 1.807) is 0 Å². The molecular formula is O2PdRhTi. The van der Waals surface area contributed by atoms with Gasteiger partial charge in [0.15, 0.2) is 0 Å². The van der Waals surface area contributed by atoms with Crippen molar-refractivity contribution in [3.63, 3.8) is 0 Å². The fourth-order valence-corrected chi connectivity index (χ4v) is 0. The molecule has 0 rings (SSSR count). The predicted octanol–water partition coefficient (Wildman–Crippen LogP) is -0.245. The monoisotopic (exact) mass is 289 g/mol. The van der Waals surface area contributed by atoms with E-state index in [1.165, 1.54) is 0 Å². The second-order valence-electron chi connectivity index (χ2n) is 0. The van der Waals surface area contributed by atoms with Gasteiger partial charge in [-0.15, -0.1) is 0 Å². The standard InChI is InChI=1S/2O.Pd.Rh.Ti/q2*-2;;;+4. The molecule has 0 aliphatic carbocycles. The van der Waals surface area contributed by atoms with Crippen molar-refractivity contribution < 1.29 is 72.6 Å². The van der Waals surface area contributed by atoms with Crippen LogP contribution in [0.5, 0.6) is 0 Å². The molecule has 0 aromatic heterocycles. The fourth-order valence-electron chi connectivity index (χ4n) is 0. The predicted molar refractivity (Wildman–Crippen MR) is 1.37 cm³/mol. The second kappa shape index (κ2) is 38.9. The quantitative estimate of drug-likeness (QED) is 0.553. The van der Waals surface area contributed by atoms with E-state index in [1.807, 2.05) is 0 Å². The summed E-state index contributed by atoms with van der Waals surface area (Å²) in [6.45, 7) is 0. The molecule has 5 heteroatoms. The molecule has 0 aliphatic heterocycles. The molecule has 0 aromatic carbocycles. The molecule has 35 valence electrons. The third-order valence-corrected chi connectivity index (χ3v) is 0. The molecule has 1 radical (unpaired) electrons. The van der Waals surface area contributed by atoms with Crippen molar-refractivity contribution in [1.29, 1.82) is 0 Å². The van der Waals surface area contributed by atoms with E-state index >= 15 is 0 Å². The summed E-state index contributed by atoms with van der Waals surface area (Å²) in [4.78, 5) is 0. The van der Waals surface area contributed by atoms with E-state index in [0.717, 1.165) is 0 Å². The minimum absolute atomic E-state index is 0. The maximum Gasteiger partial charge on any atom is 4.00 e. The Morgan fingerprint density at radius 2 is 0.800 bits per heavy atom. The summed E-state index contributed by atoms with van der Waals surface area (Å²) in [7, 11) is 0. The zero-order chi connectivity index (χ0) is 0. The van der Waals surface area contributed by atoms with Gasteiger partial charge in [0.2, 0.25) is 0 Å². The Morgan fingerprint density at radius 1 is 0.800 bits per heavy atom. The molecule has 0 aromatic rings. The van der Waals surface area contributed by atoms with E-state index in [9.17, 15) is 0 Å². The third-order valence-electron chi connectivity index (χ3n) is 0. The van der Waals surface area contributed by atoms with Crippen LogP contribution in [0, 0.1) is 0 Å². The summed E-state index contributed by atoms with van der Waals surface area (Å²) in [6, 6.07) is 0. The summed E-state index contributed by atoms with van der Waals surface area (Å²) < 4.78 is 0. The largest absolute Gasteiger partial charge is 4.00 e. The zero-order valence-electron chi connectivity index (χ0n) is 1.97. The number of hydrogen-bond acceptors (Lipinski definition) is 0. The minimum Gasteiger partial charge on any atom is -2.00 e. The zero-order valence-corrected chi connectivity index (χ0v) is 6.72. The van der Waals surface area contributed by atoms with E-state index < -0.39 is 0 Å². The van der Waals surface area contributed by atoms with Gasteiger partial charge in [-0.05, 0) is 0 Å². The molecule has 0 saturated heterocycles. The van der Waals surface area contributed by atoms with Crippen LogP contribution in [0.4, 0.5) is 0 Å². The van der Waals surface area contributed by atoms with Gasteiger partial charge in [-0.1, -0.05) is 0 Å². The van der Waals surface area contributed by atoms with Crippen molar-refractivity contribution >= 4 is 0 Å². The summed E-state index contributed by atoms with van der Waals surface area (Å²) >= 11 is 0.